The number of benzene rings is 1. The summed E-state index contributed by atoms with van der Waals surface area (Å²) in [5.74, 6) is 1.49. The average molecular weight is 491 g/mol. The second kappa shape index (κ2) is 11.7. The number of ether oxygens (including phenoxy) is 2. The van der Waals surface area contributed by atoms with Crippen molar-refractivity contribution in [2.45, 2.75) is 19.5 Å². The number of carbonyl (C=O) groups is 2. The van der Waals surface area contributed by atoms with Crippen LogP contribution in [-0.2, 0) is 17.9 Å². The van der Waals surface area contributed by atoms with E-state index >= 15 is 0 Å². The normalized spacial score (nSPS) is 10.6. The van der Waals surface area contributed by atoms with Gasteiger partial charge in [-0.1, -0.05) is 5.16 Å². The van der Waals surface area contributed by atoms with Crippen LogP contribution >= 0.6 is 0 Å². The standard InChI is InChI=1S/C26H26N4O6/c1-33-19-5-6-23(34-2)21(14-19)24-15-22(29-36-24)26(32)30(17-20-4-3-13-35-20)12-9-25(31)28-16-18-7-10-27-11-8-18/h3-8,10-11,13-15H,9,12,16-17H2,1-2H3,(H,28,31). The van der Waals surface area contributed by atoms with Crippen LogP contribution in [0, 0.1) is 0 Å². The van der Waals surface area contributed by atoms with E-state index in [1.54, 1.807) is 56.9 Å². The maximum Gasteiger partial charge on any atom is 0.276 e. The van der Waals surface area contributed by atoms with E-state index in [4.69, 9.17) is 18.4 Å². The Kier molecular flexibility index (Phi) is 7.97. The Morgan fingerprint density at radius 3 is 2.61 bits per heavy atom. The summed E-state index contributed by atoms with van der Waals surface area (Å²) < 4.78 is 21.6. The van der Waals surface area contributed by atoms with E-state index in [1.165, 1.54) is 17.2 Å². The third-order valence-corrected chi connectivity index (χ3v) is 5.46. The number of nitrogens with zero attached hydrogens (tertiary/aromatic N) is 3. The molecule has 10 nitrogen and oxygen atoms in total. The van der Waals surface area contributed by atoms with Gasteiger partial charge in [-0.2, -0.15) is 0 Å². The summed E-state index contributed by atoms with van der Waals surface area (Å²) >= 11 is 0. The molecule has 0 aliphatic heterocycles. The van der Waals surface area contributed by atoms with Gasteiger partial charge in [-0.15, -0.1) is 0 Å². The summed E-state index contributed by atoms with van der Waals surface area (Å²) in [5, 5.41) is 6.83. The van der Waals surface area contributed by atoms with Crippen LogP contribution in [0.2, 0.25) is 0 Å². The molecule has 0 unspecified atom stereocenters. The van der Waals surface area contributed by atoms with Gasteiger partial charge in [-0.3, -0.25) is 14.6 Å². The van der Waals surface area contributed by atoms with E-state index in [9.17, 15) is 9.59 Å². The first-order chi connectivity index (χ1) is 17.6. The predicted octanol–water partition coefficient (Wildman–Crippen LogP) is 3.70. The second-order valence-corrected chi connectivity index (χ2v) is 7.83. The summed E-state index contributed by atoms with van der Waals surface area (Å²) in [7, 11) is 3.10. The van der Waals surface area contributed by atoms with Crippen LogP contribution in [0.5, 0.6) is 11.5 Å². The Bertz CT molecular complexity index is 1290. The zero-order valence-corrected chi connectivity index (χ0v) is 20.0. The van der Waals surface area contributed by atoms with E-state index in [0.717, 1.165) is 5.56 Å². The van der Waals surface area contributed by atoms with Crippen molar-refractivity contribution in [1.82, 2.24) is 20.4 Å². The van der Waals surface area contributed by atoms with Gasteiger partial charge in [-0.05, 0) is 48.0 Å². The first kappa shape index (κ1) is 24.5. The van der Waals surface area contributed by atoms with E-state index in [-0.39, 0.29) is 31.1 Å². The Hall–Kier alpha value is -4.60. The van der Waals surface area contributed by atoms with Crippen LogP contribution in [0.15, 0.2) is 76.1 Å². The molecule has 0 spiro atoms. The minimum atomic E-state index is -0.398. The minimum absolute atomic E-state index is 0.0959. The Morgan fingerprint density at radius 1 is 1.06 bits per heavy atom. The van der Waals surface area contributed by atoms with E-state index in [2.05, 4.69) is 15.5 Å². The number of aromatic nitrogens is 2. The van der Waals surface area contributed by atoms with Crippen molar-refractivity contribution >= 4 is 11.8 Å². The molecule has 1 N–H and O–H groups in total. The summed E-state index contributed by atoms with van der Waals surface area (Å²) in [6.45, 7) is 0.711. The molecule has 3 heterocycles. The monoisotopic (exact) mass is 490 g/mol. The third kappa shape index (κ3) is 6.09. The number of carbonyl (C=O) groups excluding carboxylic acids is 2. The zero-order valence-electron chi connectivity index (χ0n) is 20.0. The van der Waals surface area contributed by atoms with Gasteiger partial charge in [0.05, 0.1) is 32.6 Å². The number of nitrogens with one attached hydrogen (secondary N) is 1. The Balaban J connectivity index is 1.47. The fourth-order valence-corrected chi connectivity index (χ4v) is 3.54. The maximum atomic E-state index is 13.4. The molecule has 0 aliphatic carbocycles. The fraction of sp³-hybridized carbons (Fsp3) is 0.231. The number of furan rings is 1. The van der Waals surface area contributed by atoms with E-state index in [0.29, 0.717) is 35.1 Å². The lowest BCUT2D eigenvalue weighted by Crippen LogP contribution is -2.35. The SMILES string of the molecule is COc1ccc(OC)c(-c2cc(C(=O)N(CCC(=O)NCc3ccncc3)Cc3ccco3)no2)c1. The summed E-state index contributed by atoms with van der Waals surface area (Å²) in [4.78, 5) is 31.3. The summed E-state index contributed by atoms with van der Waals surface area (Å²) in [6, 6.07) is 13.9. The molecular formula is C26H26N4O6. The number of amides is 2. The lowest BCUT2D eigenvalue weighted by atomic mass is 10.1. The van der Waals surface area contributed by atoms with Crippen molar-refractivity contribution in [3.63, 3.8) is 0 Å². The molecule has 2 amide bonds. The molecule has 1 aromatic carbocycles. The molecule has 0 fully saturated rings. The smallest absolute Gasteiger partial charge is 0.276 e. The highest BCUT2D eigenvalue weighted by molar-refractivity contribution is 5.93. The minimum Gasteiger partial charge on any atom is -0.497 e. The van der Waals surface area contributed by atoms with Crippen LogP contribution in [-0.4, -0.2) is 47.6 Å². The van der Waals surface area contributed by atoms with Crippen molar-refractivity contribution in [3.8, 4) is 22.8 Å². The maximum absolute atomic E-state index is 13.4. The van der Waals surface area contributed by atoms with Crippen LogP contribution in [0.25, 0.3) is 11.3 Å². The highest BCUT2D eigenvalue weighted by Gasteiger charge is 2.23. The van der Waals surface area contributed by atoms with Crippen molar-refractivity contribution in [1.29, 1.82) is 0 Å². The van der Waals surface area contributed by atoms with E-state index in [1.807, 2.05) is 12.1 Å². The van der Waals surface area contributed by atoms with Gasteiger partial charge in [0.15, 0.2) is 11.5 Å². The van der Waals surface area contributed by atoms with Gasteiger partial charge < -0.3 is 28.6 Å². The summed E-state index contributed by atoms with van der Waals surface area (Å²) in [6.07, 6.45) is 4.96. The van der Waals surface area contributed by atoms with Crippen LogP contribution < -0.4 is 14.8 Å². The highest BCUT2D eigenvalue weighted by atomic mass is 16.5. The topological polar surface area (TPSA) is 120 Å². The predicted molar refractivity (Wildman–Crippen MR) is 129 cm³/mol. The first-order valence-corrected chi connectivity index (χ1v) is 11.2. The molecule has 0 bridgehead atoms. The van der Waals surface area contributed by atoms with Gasteiger partial charge in [0, 0.05) is 38.0 Å². The molecule has 0 saturated carbocycles. The lowest BCUT2D eigenvalue weighted by molar-refractivity contribution is -0.121. The van der Waals surface area contributed by atoms with Crippen molar-refractivity contribution in [2.75, 3.05) is 20.8 Å². The van der Waals surface area contributed by atoms with Crippen LogP contribution in [0.3, 0.4) is 0 Å². The number of pyridine rings is 1. The van der Waals surface area contributed by atoms with Crippen molar-refractivity contribution in [3.05, 3.63) is 84.2 Å². The zero-order chi connectivity index (χ0) is 25.3. The largest absolute Gasteiger partial charge is 0.497 e. The number of rotatable bonds is 11. The number of methoxy groups -OCH3 is 2. The molecule has 0 saturated heterocycles. The first-order valence-electron chi connectivity index (χ1n) is 11.2. The fourth-order valence-electron chi connectivity index (χ4n) is 3.54. The summed E-state index contributed by atoms with van der Waals surface area (Å²) in [5.41, 5.74) is 1.63. The average Bonchev–Trinajstić information content (AvgIpc) is 3.62. The van der Waals surface area contributed by atoms with E-state index < -0.39 is 5.91 Å². The molecule has 36 heavy (non-hydrogen) atoms. The van der Waals surface area contributed by atoms with Gasteiger partial charge in [0.2, 0.25) is 5.91 Å². The third-order valence-electron chi connectivity index (χ3n) is 5.46. The molecule has 4 rings (SSSR count). The highest BCUT2D eigenvalue weighted by Crippen LogP contribution is 2.34. The molecule has 0 radical (unpaired) electrons. The molecule has 0 aliphatic rings. The van der Waals surface area contributed by atoms with Crippen LogP contribution in [0.1, 0.15) is 28.2 Å². The Labute approximate surface area is 207 Å². The molecule has 4 aromatic rings. The van der Waals surface area contributed by atoms with Crippen molar-refractivity contribution < 1.29 is 28.0 Å². The van der Waals surface area contributed by atoms with Gasteiger partial charge in [-0.25, -0.2) is 0 Å². The van der Waals surface area contributed by atoms with Crippen molar-refractivity contribution in [2.24, 2.45) is 0 Å². The molecule has 186 valence electrons. The van der Waals surface area contributed by atoms with Gasteiger partial charge in [0.25, 0.3) is 5.91 Å². The molecular weight excluding hydrogens is 464 g/mol. The second-order valence-electron chi connectivity index (χ2n) is 7.83. The van der Waals surface area contributed by atoms with Crippen LogP contribution in [0.4, 0.5) is 0 Å². The lowest BCUT2D eigenvalue weighted by Gasteiger charge is -2.20. The Morgan fingerprint density at radius 2 is 1.89 bits per heavy atom. The molecule has 3 aromatic heterocycles. The molecule has 10 heteroatoms. The quantitative estimate of drug-likeness (QED) is 0.338. The molecule has 0 atom stereocenters. The number of hydrogen-bond acceptors (Lipinski definition) is 8. The van der Waals surface area contributed by atoms with Gasteiger partial charge in [0.1, 0.15) is 17.3 Å². The number of hydrogen-bond donors (Lipinski definition) is 1. The van der Waals surface area contributed by atoms with Gasteiger partial charge >= 0.3 is 0 Å².